The van der Waals surface area contributed by atoms with E-state index in [2.05, 4.69) is 0 Å². The van der Waals surface area contributed by atoms with E-state index in [0.717, 1.165) is 0 Å². The lowest BCUT2D eigenvalue weighted by atomic mass is 9.66. The van der Waals surface area contributed by atoms with Crippen molar-refractivity contribution in [2.75, 3.05) is 0 Å². The van der Waals surface area contributed by atoms with Gasteiger partial charge in [0.05, 0.1) is 17.4 Å². The van der Waals surface area contributed by atoms with Gasteiger partial charge >= 0.3 is 11.9 Å². The molecule has 14 nitrogen and oxygen atoms in total. The summed E-state index contributed by atoms with van der Waals surface area (Å²) < 4.78 is 4.76. The normalized spacial score (nSPS) is 23.6. The first-order valence-electron chi connectivity index (χ1n) is 10.3. The number of carbonyl (C=O) groups is 6. The third kappa shape index (κ3) is 7.03. The lowest BCUT2D eigenvalue weighted by molar-refractivity contribution is -0.339. The molecule has 194 valence electrons. The molecule has 0 heterocycles. The second-order valence-corrected chi connectivity index (χ2v) is 8.33. The number of Topliss-reactive ketones (excluding diaryl/α,β-unsaturated/α-hetero) is 1. The maximum absolute atomic E-state index is 12.5. The van der Waals surface area contributed by atoms with Gasteiger partial charge in [0, 0.05) is 24.8 Å². The van der Waals surface area contributed by atoms with E-state index in [4.69, 9.17) is 27.0 Å². The molecule has 4 atom stereocenters. The van der Waals surface area contributed by atoms with E-state index in [0.29, 0.717) is 19.3 Å². The summed E-state index contributed by atoms with van der Waals surface area (Å²) in [5.41, 5.74) is 11.7. The van der Waals surface area contributed by atoms with Crippen LogP contribution in [0.5, 0.6) is 0 Å². The van der Waals surface area contributed by atoms with E-state index < -0.39 is 71.3 Å². The van der Waals surface area contributed by atoms with Crippen LogP contribution in [0.4, 0.5) is 0 Å². The molecule has 0 amide bonds. The minimum Gasteiger partial charge on any atom is -0.550 e. The number of ketones is 1. The first-order chi connectivity index (χ1) is 15.4. The van der Waals surface area contributed by atoms with Gasteiger partial charge in [-0.15, -0.1) is 0 Å². The summed E-state index contributed by atoms with van der Waals surface area (Å²) in [6.07, 6.45) is -1.01. The quantitative estimate of drug-likeness (QED) is 0.165. The summed E-state index contributed by atoms with van der Waals surface area (Å²) in [7, 11) is 0. The van der Waals surface area contributed by atoms with E-state index in [1.165, 1.54) is 6.92 Å². The molecule has 1 rings (SSSR count). The highest BCUT2D eigenvalue weighted by molar-refractivity contribution is 6.01. The van der Waals surface area contributed by atoms with Gasteiger partial charge in [0.2, 0.25) is 0 Å². The Morgan fingerprint density at radius 3 is 1.76 bits per heavy atom. The molecule has 0 aromatic rings. The van der Waals surface area contributed by atoms with Gasteiger partial charge in [0.25, 0.3) is 0 Å². The van der Waals surface area contributed by atoms with Crippen molar-refractivity contribution in [2.24, 2.45) is 22.6 Å². The molecule has 1 aliphatic rings. The van der Waals surface area contributed by atoms with Gasteiger partial charge in [0.15, 0.2) is 5.78 Å². The lowest BCUT2D eigenvalue weighted by Crippen LogP contribution is -2.64. The Morgan fingerprint density at radius 2 is 1.44 bits per heavy atom. The highest BCUT2D eigenvalue weighted by Crippen LogP contribution is 2.49. The van der Waals surface area contributed by atoms with Gasteiger partial charge < -0.3 is 56.7 Å². The average molecular weight is 488 g/mol. The van der Waals surface area contributed by atoms with Crippen molar-refractivity contribution in [1.29, 1.82) is 0 Å². The van der Waals surface area contributed by atoms with Crippen LogP contribution in [0, 0.1) is 5.41 Å². The fraction of sp³-hybridized carbons (Fsp3) is 0.700. The maximum Gasteiger partial charge on any atom is 0.334 e. The Bertz CT molecular complexity index is 811. The molecule has 14 heteroatoms. The highest BCUT2D eigenvalue weighted by atomic mass is 16.6. The van der Waals surface area contributed by atoms with Crippen LogP contribution in [0.2, 0.25) is 0 Å². The molecular formula is C20H30N3O11-3. The predicted molar refractivity (Wildman–Crippen MR) is 106 cm³/mol. The number of carbonyl (C=O) groups excluding carboxylic acids is 6. The van der Waals surface area contributed by atoms with Crippen LogP contribution in [0.3, 0.4) is 0 Å². The summed E-state index contributed by atoms with van der Waals surface area (Å²) in [6.45, 7) is 4.76. The summed E-state index contributed by atoms with van der Waals surface area (Å²) in [6, 6.07) is -1.66. The van der Waals surface area contributed by atoms with Crippen molar-refractivity contribution >= 4 is 35.6 Å². The van der Waals surface area contributed by atoms with Crippen LogP contribution in [0.15, 0.2) is 0 Å². The molecule has 0 spiro atoms. The Kier molecular flexibility index (Phi) is 10.9. The molecule has 0 aromatic heterocycles. The average Bonchev–Trinajstić information content (AvgIpc) is 3.04. The minimum atomic E-state index is -2.97. The lowest BCUT2D eigenvalue weighted by Gasteiger charge is -2.40. The Labute approximate surface area is 195 Å². The molecule has 0 bridgehead atoms. The minimum absolute atomic E-state index is 0.268. The van der Waals surface area contributed by atoms with Crippen molar-refractivity contribution in [3.05, 3.63) is 0 Å². The number of hydrogen-bond donors (Lipinski definition) is 4. The molecular weight excluding hydrogens is 458 g/mol. The number of carboxylic acids is 3. The zero-order chi connectivity index (χ0) is 27.1. The smallest absolute Gasteiger partial charge is 0.334 e. The third-order valence-corrected chi connectivity index (χ3v) is 5.70. The zero-order valence-electron chi connectivity index (χ0n) is 19.2. The summed E-state index contributed by atoms with van der Waals surface area (Å²) in [5, 5.41) is 38.9. The van der Waals surface area contributed by atoms with Gasteiger partial charge in [-0.1, -0.05) is 6.92 Å². The molecule has 0 aromatic carbocycles. The molecule has 1 saturated carbocycles. The van der Waals surface area contributed by atoms with E-state index >= 15 is 0 Å². The van der Waals surface area contributed by atoms with Gasteiger partial charge in [-0.3, -0.25) is 4.79 Å². The standard InChI is InChI=1S/C14H25N3O4.C6H8O7/c1-4-13(10(18)8(2)15)6-5-7-14(13,17)12(20)21-11(19)9(3)16;7-3(8)1-6(13,5(11)12)2-4(9)10/h8-9H,4-7,15-17H2,1-3H3;13H,1-2H2,(H,7,8)(H,9,10)(H,11,12)/p-3. The number of aliphatic hydroxyl groups is 1. The molecule has 1 fully saturated rings. The molecule has 0 aliphatic heterocycles. The molecule has 7 N–H and O–H groups in total. The van der Waals surface area contributed by atoms with E-state index in [1.807, 2.05) is 0 Å². The fourth-order valence-electron chi connectivity index (χ4n) is 3.83. The first-order valence-corrected chi connectivity index (χ1v) is 10.3. The van der Waals surface area contributed by atoms with Crippen molar-refractivity contribution in [1.82, 2.24) is 0 Å². The van der Waals surface area contributed by atoms with Gasteiger partial charge in [-0.25, -0.2) is 9.59 Å². The Balaban J connectivity index is 0.000000722. The van der Waals surface area contributed by atoms with Crippen molar-refractivity contribution in [2.45, 2.75) is 82.5 Å². The fourth-order valence-corrected chi connectivity index (χ4v) is 3.83. The predicted octanol–water partition coefficient (Wildman–Crippen LogP) is -5.66. The first kappa shape index (κ1) is 31.1. The Hall–Kier alpha value is -2.94. The SMILES string of the molecule is CCC1(C(=O)C(C)N)CCCC1(N)C(=O)OC(=O)C(C)N.O=C([O-])CC(O)(CC(=O)[O-])C(=O)[O-]. The van der Waals surface area contributed by atoms with E-state index in [9.17, 15) is 44.1 Å². The van der Waals surface area contributed by atoms with Crippen LogP contribution in [-0.4, -0.2) is 64.0 Å². The van der Waals surface area contributed by atoms with Gasteiger partial charge in [-0.05, 0) is 39.5 Å². The maximum atomic E-state index is 12.5. The molecule has 34 heavy (non-hydrogen) atoms. The largest absolute Gasteiger partial charge is 0.550 e. The van der Waals surface area contributed by atoms with Gasteiger partial charge in [0.1, 0.15) is 17.2 Å². The van der Waals surface area contributed by atoms with Crippen molar-refractivity contribution in [3.8, 4) is 0 Å². The number of esters is 2. The molecule has 1 aliphatic carbocycles. The number of ether oxygens (including phenoxy) is 1. The Morgan fingerprint density at radius 1 is 0.971 bits per heavy atom. The van der Waals surface area contributed by atoms with Crippen LogP contribution < -0.4 is 32.5 Å². The van der Waals surface area contributed by atoms with Crippen LogP contribution in [0.25, 0.3) is 0 Å². The highest BCUT2D eigenvalue weighted by Gasteiger charge is 2.61. The molecule has 4 unspecified atom stereocenters. The number of carboxylic acid groups (broad SMARTS) is 3. The zero-order valence-corrected chi connectivity index (χ0v) is 19.2. The third-order valence-electron chi connectivity index (χ3n) is 5.70. The number of nitrogens with two attached hydrogens (primary N) is 3. The number of rotatable bonds is 10. The molecule has 0 radical (unpaired) electrons. The van der Waals surface area contributed by atoms with Crippen molar-refractivity contribution < 1.29 is 53.9 Å². The molecule has 0 saturated heterocycles. The van der Waals surface area contributed by atoms with Crippen LogP contribution in [-0.2, 0) is 33.5 Å². The summed E-state index contributed by atoms with van der Waals surface area (Å²) in [4.78, 5) is 66.4. The van der Waals surface area contributed by atoms with Gasteiger partial charge in [-0.2, -0.15) is 0 Å². The topological polar surface area (TPSA) is 279 Å². The van der Waals surface area contributed by atoms with Crippen LogP contribution in [0.1, 0.15) is 59.3 Å². The van der Waals surface area contributed by atoms with Crippen molar-refractivity contribution in [3.63, 3.8) is 0 Å². The summed E-state index contributed by atoms with van der Waals surface area (Å²) in [5.74, 6) is -8.00. The number of hydrogen-bond acceptors (Lipinski definition) is 14. The second-order valence-electron chi connectivity index (χ2n) is 8.33. The summed E-state index contributed by atoms with van der Waals surface area (Å²) >= 11 is 0. The van der Waals surface area contributed by atoms with E-state index in [1.54, 1.807) is 13.8 Å². The monoisotopic (exact) mass is 488 g/mol. The number of aliphatic carboxylic acids is 3. The second kappa shape index (κ2) is 12.0. The van der Waals surface area contributed by atoms with E-state index in [-0.39, 0.29) is 12.2 Å². The van der Waals surface area contributed by atoms with Crippen LogP contribution >= 0.6 is 0 Å².